The molecule has 114 valence electrons. The van der Waals surface area contributed by atoms with E-state index in [-0.39, 0.29) is 11.2 Å². The average molecular weight is 319 g/mol. The molecule has 0 aliphatic heterocycles. The Morgan fingerprint density at radius 1 is 1.09 bits per heavy atom. The zero-order valence-corrected chi connectivity index (χ0v) is 13.0. The van der Waals surface area contributed by atoms with Gasteiger partial charge in [0.25, 0.3) is 5.56 Å². The van der Waals surface area contributed by atoms with Crippen molar-refractivity contribution in [2.24, 2.45) is 14.1 Å². The molecule has 0 atom stereocenters. The fraction of sp³-hybridized carbons (Fsp3) is 0.267. The summed E-state index contributed by atoms with van der Waals surface area (Å²) in [5.74, 6) is 0.684. The average Bonchev–Trinajstić information content (AvgIpc) is 2.95. The Hall–Kier alpha value is -2.34. The molecule has 3 aromatic rings. The van der Waals surface area contributed by atoms with Crippen molar-refractivity contribution >= 4 is 22.8 Å². The minimum atomic E-state index is -0.381. The fourth-order valence-corrected chi connectivity index (χ4v) is 2.53. The monoisotopic (exact) mass is 318 g/mol. The third kappa shape index (κ3) is 2.46. The van der Waals surface area contributed by atoms with Gasteiger partial charge in [0.05, 0.1) is 0 Å². The van der Waals surface area contributed by atoms with Crippen molar-refractivity contribution in [3.05, 3.63) is 61.5 Å². The zero-order chi connectivity index (χ0) is 15.9. The predicted molar refractivity (Wildman–Crippen MR) is 85.4 cm³/mol. The molecule has 0 saturated heterocycles. The fourth-order valence-electron chi connectivity index (χ4n) is 2.41. The molecular formula is C15H15ClN4O2. The van der Waals surface area contributed by atoms with Gasteiger partial charge < -0.3 is 4.98 Å². The molecule has 1 N–H and O–H groups in total. The minimum absolute atomic E-state index is 0.357. The highest BCUT2D eigenvalue weighted by Crippen LogP contribution is 2.12. The number of aromatic nitrogens is 4. The van der Waals surface area contributed by atoms with Gasteiger partial charge in [0.15, 0.2) is 5.65 Å². The van der Waals surface area contributed by atoms with Crippen LogP contribution in [0.15, 0.2) is 33.9 Å². The highest BCUT2D eigenvalue weighted by Gasteiger charge is 2.13. The van der Waals surface area contributed by atoms with Gasteiger partial charge in [-0.1, -0.05) is 23.7 Å². The van der Waals surface area contributed by atoms with Gasteiger partial charge in [0, 0.05) is 25.5 Å². The summed E-state index contributed by atoms with van der Waals surface area (Å²) >= 11 is 5.86. The van der Waals surface area contributed by atoms with Crippen LogP contribution >= 0.6 is 11.6 Å². The van der Waals surface area contributed by atoms with Crippen LogP contribution in [0.25, 0.3) is 11.2 Å². The Labute approximate surface area is 131 Å². The second-order valence-electron chi connectivity index (χ2n) is 5.21. The smallest absolute Gasteiger partial charge is 0.332 e. The first-order chi connectivity index (χ1) is 10.5. The molecular weight excluding hydrogens is 304 g/mol. The second kappa shape index (κ2) is 5.46. The molecule has 0 aliphatic rings. The molecule has 0 fully saturated rings. The first kappa shape index (κ1) is 14.6. The largest absolute Gasteiger partial charge is 0.336 e. The van der Waals surface area contributed by atoms with Gasteiger partial charge >= 0.3 is 5.69 Å². The van der Waals surface area contributed by atoms with Crippen LogP contribution in [0.1, 0.15) is 11.4 Å². The lowest BCUT2D eigenvalue weighted by atomic mass is 10.1. The summed E-state index contributed by atoms with van der Waals surface area (Å²) < 4.78 is 2.45. The molecule has 0 saturated carbocycles. The summed E-state index contributed by atoms with van der Waals surface area (Å²) in [6.07, 6.45) is 1.42. The van der Waals surface area contributed by atoms with Crippen LogP contribution in [-0.4, -0.2) is 19.1 Å². The maximum atomic E-state index is 12.1. The van der Waals surface area contributed by atoms with Crippen LogP contribution in [0.4, 0.5) is 0 Å². The van der Waals surface area contributed by atoms with E-state index >= 15 is 0 Å². The molecule has 0 radical (unpaired) electrons. The second-order valence-corrected chi connectivity index (χ2v) is 5.65. The van der Waals surface area contributed by atoms with E-state index in [1.54, 1.807) is 7.05 Å². The van der Waals surface area contributed by atoms with Crippen molar-refractivity contribution in [2.45, 2.75) is 12.8 Å². The number of halogens is 1. The lowest BCUT2D eigenvalue weighted by molar-refractivity contribution is 0.708. The molecule has 2 aromatic heterocycles. The summed E-state index contributed by atoms with van der Waals surface area (Å²) in [5.41, 5.74) is 1.14. The maximum absolute atomic E-state index is 12.1. The first-order valence-electron chi connectivity index (χ1n) is 6.86. The summed E-state index contributed by atoms with van der Waals surface area (Å²) in [6.45, 7) is 0. The highest BCUT2D eigenvalue weighted by atomic mass is 35.5. The first-order valence-corrected chi connectivity index (χ1v) is 7.24. The number of fused-ring (bicyclic) bond motifs is 1. The Morgan fingerprint density at radius 2 is 1.77 bits per heavy atom. The molecule has 1 aromatic carbocycles. The van der Waals surface area contributed by atoms with Crippen LogP contribution in [0, 0.1) is 0 Å². The predicted octanol–water partition coefficient (Wildman–Crippen LogP) is 1.40. The lowest BCUT2D eigenvalue weighted by Crippen LogP contribution is -2.36. The Kier molecular flexibility index (Phi) is 3.62. The van der Waals surface area contributed by atoms with E-state index < -0.39 is 0 Å². The van der Waals surface area contributed by atoms with Gasteiger partial charge in [0.2, 0.25) is 0 Å². The highest BCUT2D eigenvalue weighted by molar-refractivity contribution is 6.30. The SMILES string of the molecule is Cn1c(=O)c2[nH]c(CCc3ccc(Cl)cc3)nc2n(C)c1=O. The number of benzene rings is 1. The van der Waals surface area contributed by atoms with Crippen molar-refractivity contribution in [1.82, 2.24) is 19.1 Å². The van der Waals surface area contributed by atoms with Gasteiger partial charge in [-0.25, -0.2) is 9.78 Å². The van der Waals surface area contributed by atoms with Gasteiger partial charge in [0.1, 0.15) is 11.3 Å². The van der Waals surface area contributed by atoms with E-state index in [0.29, 0.717) is 28.4 Å². The van der Waals surface area contributed by atoms with Crippen molar-refractivity contribution < 1.29 is 0 Å². The van der Waals surface area contributed by atoms with E-state index in [9.17, 15) is 9.59 Å². The molecule has 22 heavy (non-hydrogen) atoms. The molecule has 0 bridgehead atoms. The van der Waals surface area contributed by atoms with Crippen molar-refractivity contribution in [3.8, 4) is 0 Å². The molecule has 3 rings (SSSR count). The van der Waals surface area contributed by atoms with Crippen molar-refractivity contribution in [3.63, 3.8) is 0 Å². The van der Waals surface area contributed by atoms with Gasteiger partial charge in [-0.2, -0.15) is 0 Å². The van der Waals surface area contributed by atoms with Crippen LogP contribution in [0.3, 0.4) is 0 Å². The number of rotatable bonds is 3. The Morgan fingerprint density at radius 3 is 2.45 bits per heavy atom. The number of hydrogen-bond acceptors (Lipinski definition) is 3. The van der Waals surface area contributed by atoms with Gasteiger partial charge in [-0.3, -0.25) is 13.9 Å². The van der Waals surface area contributed by atoms with E-state index in [4.69, 9.17) is 11.6 Å². The molecule has 6 nitrogen and oxygen atoms in total. The minimum Gasteiger partial charge on any atom is -0.336 e. The zero-order valence-electron chi connectivity index (χ0n) is 12.3. The third-order valence-electron chi connectivity index (χ3n) is 3.71. The lowest BCUT2D eigenvalue weighted by Gasteiger charge is -2.00. The van der Waals surface area contributed by atoms with E-state index in [0.717, 1.165) is 16.6 Å². The van der Waals surface area contributed by atoms with Crippen LogP contribution < -0.4 is 11.2 Å². The van der Waals surface area contributed by atoms with Gasteiger partial charge in [-0.05, 0) is 24.1 Å². The number of nitrogens with zero attached hydrogens (tertiary/aromatic N) is 3. The molecule has 0 unspecified atom stereocenters. The maximum Gasteiger partial charge on any atom is 0.332 e. The van der Waals surface area contributed by atoms with Crippen molar-refractivity contribution in [1.29, 1.82) is 0 Å². The molecule has 0 amide bonds. The summed E-state index contributed by atoms with van der Waals surface area (Å²) in [4.78, 5) is 31.4. The summed E-state index contributed by atoms with van der Waals surface area (Å²) in [5, 5.41) is 0.700. The Bertz CT molecular complexity index is 951. The Balaban J connectivity index is 1.94. The molecule has 0 aliphatic carbocycles. The number of aryl methyl sites for hydroxylation is 3. The molecule has 0 spiro atoms. The third-order valence-corrected chi connectivity index (χ3v) is 3.96. The summed E-state index contributed by atoms with van der Waals surface area (Å²) in [7, 11) is 3.06. The van der Waals surface area contributed by atoms with Crippen LogP contribution in [0.5, 0.6) is 0 Å². The van der Waals surface area contributed by atoms with Crippen molar-refractivity contribution in [2.75, 3.05) is 0 Å². The molecule has 2 heterocycles. The number of aromatic amines is 1. The molecule has 7 heteroatoms. The topological polar surface area (TPSA) is 72.7 Å². The number of H-pyrrole nitrogens is 1. The van der Waals surface area contributed by atoms with Crippen LogP contribution in [0.2, 0.25) is 5.02 Å². The number of hydrogen-bond donors (Lipinski definition) is 1. The quantitative estimate of drug-likeness (QED) is 0.793. The normalized spacial score (nSPS) is 11.2. The van der Waals surface area contributed by atoms with E-state index in [2.05, 4.69) is 9.97 Å². The standard InChI is InChI=1S/C15H15ClN4O2/c1-19-13-12(14(21)20(2)15(19)22)17-11(18-13)8-5-9-3-6-10(16)7-4-9/h3-4,6-7H,5,8H2,1-2H3,(H,17,18). The van der Waals surface area contributed by atoms with E-state index in [1.165, 1.54) is 11.6 Å². The number of nitrogens with one attached hydrogen (secondary N) is 1. The van der Waals surface area contributed by atoms with E-state index in [1.807, 2.05) is 24.3 Å². The van der Waals surface area contributed by atoms with Crippen LogP contribution in [-0.2, 0) is 26.9 Å². The summed E-state index contributed by atoms with van der Waals surface area (Å²) in [6, 6.07) is 7.60. The number of imidazole rings is 1. The van der Waals surface area contributed by atoms with Gasteiger partial charge in [-0.15, -0.1) is 0 Å².